The Hall–Kier alpha value is -1.45. The van der Waals surface area contributed by atoms with Crippen molar-refractivity contribution in [3.8, 4) is 0 Å². The molecule has 1 amide bonds. The van der Waals surface area contributed by atoms with Gasteiger partial charge in [-0.1, -0.05) is 12.8 Å². The molecule has 1 saturated heterocycles. The van der Waals surface area contributed by atoms with Gasteiger partial charge in [0.25, 0.3) is 0 Å². The van der Waals surface area contributed by atoms with Crippen LogP contribution in [-0.2, 0) is 33.1 Å². The lowest BCUT2D eigenvalue weighted by molar-refractivity contribution is -0.148. The molecule has 0 spiro atoms. The molecule has 0 radical (unpaired) electrons. The van der Waals surface area contributed by atoms with Crippen molar-refractivity contribution in [2.24, 2.45) is 12.5 Å². The van der Waals surface area contributed by atoms with Gasteiger partial charge in [-0.05, 0) is 26.2 Å². The minimum Gasteiger partial charge on any atom is -0.383 e. The molecule has 9 heteroatoms. The number of fused-ring (bicyclic) bond motifs is 1. The number of nitrogens with zero attached hydrogens (tertiary/aromatic N) is 4. The molecule has 1 saturated carbocycles. The molecule has 2 fully saturated rings. The summed E-state index contributed by atoms with van der Waals surface area (Å²) in [5.74, 6) is 0.0800. The summed E-state index contributed by atoms with van der Waals surface area (Å²) >= 11 is 0. The first-order valence-corrected chi connectivity index (χ1v) is 11.6. The Balaban J connectivity index is 1.88. The molecular formula is C19H32N4O4S. The maximum atomic E-state index is 13.7. The van der Waals surface area contributed by atoms with Gasteiger partial charge in [-0.3, -0.25) is 9.48 Å². The number of ether oxygens (including phenoxy) is 1. The first-order valence-electron chi connectivity index (χ1n) is 9.94. The Morgan fingerprint density at radius 3 is 2.79 bits per heavy atom. The second-order valence-electron chi connectivity index (χ2n) is 8.16. The number of amides is 1. The Bertz CT molecular complexity index is 822. The van der Waals surface area contributed by atoms with Crippen LogP contribution in [0.5, 0.6) is 0 Å². The molecule has 0 aromatic carbocycles. The Morgan fingerprint density at radius 2 is 2.14 bits per heavy atom. The van der Waals surface area contributed by atoms with Gasteiger partial charge in [0, 0.05) is 52.1 Å². The molecule has 28 heavy (non-hydrogen) atoms. The molecule has 1 aromatic heterocycles. The van der Waals surface area contributed by atoms with Crippen LogP contribution in [-0.4, -0.2) is 72.4 Å². The minimum atomic E-state index is -3.36. The van der Waals surface area contributed by atoms with Gasteiger partial charge in [0.2, 0.25) is 15.9 Å². The first-order chi connectivity index (χ1) is 13.2. The quantitative estimate of drug-likeness (QED) is 0.703. The molecule has 0 N–H and O–H groups in total. The lowest BCUT2D eigenvalue weighted by atomic mass is 9.67. The average molecular weight is 413 g/mol. The van der Waals surface area contributed by atoms with E-state index in [0.29, 0.717) is 26.1 Å². The number of carbonyl (C=O) groups excluding carboxylic acids is 1. The molecular weight excluding hydrogens is 380 g/mol. The predicted octanol–water partition coefficient (Wildman–Crippen LogP) is 1.30. The zero-order valence-corrected chi connectivity index (χ0v) is 18.2. The molecule has 2 aliphatic rings. The van der Waals surface area contributed by atoms with E-state index in [0.717, 1.165) is 36.9 Å². The number of methoxy groups -OCH3 is 1. The Kier molecular flexibility index (Phi) is 6.17. The number of hydrogen-bond donors (Lipinski definition) is 0. The summed E-state index contributed by atoms with van der Waals surface area (Å²) in [6, 6.07) is -0.278. The van der Waals surface area contributed by atoms with Crippen molar-refractivity contribution in [3.63, 3.8) is 0 Å². The average Bonchev–Trinajstić information content (AvgIpc) is 2.97. The maximum absolute atomic E-state index is 13.7. The van der Waals surface area contributed by atoms with Crippen LogP contribution in [0, 0.1) is 12.3 Å². The van der Waals surface area contributed by atoms with Gasteiger partial charge >= 0.3 is 0 Å². The summed E-state index contributed by atoms with van der Waals surface area (Å²) in [7, 11) is 1.90. The van der Waals surface area contributed by atoms with Gasteiger partial charge in [-0.2, -0.15) is 9.40 Å². The predicted molar refractivity (Wildman–Crippen MR) is 106 cm³/mol. The van der Waals surface area contributed by atoms with E-state index >= 15 is 0 Å². The van der Waals surface area contributed by atoms with E-state index in [9.17, 15) is 13.2 Å². The molecule has 3 rings (SSSR count). The van der Waals surface area contributed by atoms with E-state index in [2.05, 4.69) is 5.10 Å². The van der Waals surface area contributed by atoms with Crippen LogP contribution in [0.2, 0.25) is 0 Å². The van der Waals surface area contributed by atoms with Gasteiger partial charge < -0.3 is 9.64 Å². The standard InChI is InChI=1S/C19H32N4O4S/c1-15-16(14-22(3)20-15)13-21(2)18(24)19-8-6-5-7-17(19)23(10-11-27-4)28(25,26)12-9-19/h14,17H,5-13H2,1-4H3/t17-,19-/m1/s1. The fourth-order valence-electron chi connectivity index (χ4n) is 4.90. The third kappa shape index (κ3) is 3.84. The fraction of sp³-hybridized carbons (Fsp3) is 0.789. The van der Waals surface area contributed by atoms with Crippen LogP contribution in [0.4, 0.5) is 0 Å². The van der Waals surface area contributed by atoms with Crippen LogP contribution in [0.1, 0.15) is 43.4 Å². The van der Waals surface area contributed by atoms with Crippen LogP contribution >= 0.6 is 0 Å². The number of sulfonamides is 1. The van der Waals surface area contributed by atoms with Crippen LogP contribution < -0.4 is 0 Å². The topological polar surface area (TPSA) is 84.7 Å². The van der Waals surface area contributed by atoms with Gasteiger partial charge in [-0.15, -0.1) is 0 Å². The molecule has 2 heterocycles. The number of hydrogen-bond acceptors (Lipinski definition) is 5. The highest BCUT2D eigenvalue weighted by atomic mass is 32.2. The fourth-order valence-corrected chi connectivity index (χ4v) is 6.80. The zero-order chi connectivity index (χ0) is 20.5. The van der Waals surface area contributed by atoms with Crippen LogP contribution in [0.15, 0.2) is 6.20 Å². The van der Waals surface area contributed by atoms with E-state index in [-0.39, 0.29) is 17.7 Å². The molecule has 1 aliphatic carbocycles. The number of aryl methyl sites for hydroxylation is 2. The van der Waals surface area contributed by atoms with E-state index < -0.39 is 15.4 Å². The number of aromatic nitrogens is 2. The van der Waals surface area contributed by atoms with Crippen molar-refractivity contribution in [3.05, 3.63) is 17.5 Å². The van der Waals surface area contributed by atoms with Crippen molar-refractivity contribution >= 4 is 15.9 Å². The van der Waals surface area contributed by atoms with Gasteiger partial charge in [0.15, 0.2) is 0 Å². The van der Waals surface area contributed by atoms with E-state index in [4.69, 9.17) is 4.74 Å². The summed E-state index contributed by atoms with van der Waals surface area (Å²) < 4.78 is 34.0. The lowest BCUT2D eigenvalue weighted by Crippen LogP contribution is -2.63. The number of carbonyl (C=O) groups is 1. The summed E-state index contributed by atoms with van der Waals surface area (Å²) in [6.07, 6.45) is 5.72. The molecule has 8 nitrogen and oxygen atoms in total. The van der Waals surface area contributed by atoms with Crippen molar-refractivity contribution in [1.29, 1.82) is 0 Å². The monoisotopic (exact) mass is 412 g/mol. The molecule has 1 aliphatic heterocycles. The Labute approximate surface area is 167 Å². The second-order valence-corrected chi connectivity index (χ2v) is 10.2. The van der Waals surface area contributed by atoms with Gasteiger partial charge in [0.05, 0.1) is 23.5 Å². The molecule has 1 aromatic rings. The minimum absolute atomic E-state index is 0.0265. The normalized spacial score (nSPS) is 27.4. The van der Waals surface area contributed by atoms with Crippen molar-refractivity contribution in [2.45, 2.75) is 51.6 Å². The van der Waals surface area contributed by atoms with Gasteiger partial charge in [-0.25, -0.2) is 8.42 Å². The van der Waals surface area contributed by atoms with Gasteiger partial charge in [0.1, 0.15) is 0 Å². The summed E-state index contributed by atoms with van der Waals surface area (Å²) in [5, 5.41) is 4.36. The first kappa shape index (κ1) is 21.3. The summed E-state index contributed by atoms with van der Waals surface area (Å²) in [4.78, 5) is 15.4. The third-order valence-electron chi connectivity index (χ3n) is 6.31. The molecule has 158 valence electrons. The highest BCUT2D eigenvalue weighted by molar-refractivity contribution is 7.89. The maximum Gasteiger partial charge on any atom is 0.230 e. The summed E-state index contributed by atoms with van der Waals surface area (Å²) in [6.45, 7) is 3.07. The molecule has 0 unspecified atom stereocenters. The molecule has 2 atom stereocenters. The highest BCUT2D eigenvalue weighted by Crippen LogP contribution is 2.47. The lowest BCUT2D eigenvalue weighted by Gasteiger charge is -2.51. The highest BCUT2D eigenvalue weighted by Gasteiger charge is 2.56. The van der Waals surface area contributed by atoms with Crippen LogP contribution in [0.25, 0.3) is 0 Å². The SMILES string of the molecule is COCCN1[C@@H]2CCCC[C@@]2(C(=O)N(C)Cc2cn(C)nc2C)CCS1(=O)=O. The summed E-state index contributed by atoms with van der Waals surface area (Å²) in [5.41, 5.74) is 1.29. The van der Waals surface area contributed by atoms with Crippen molar-refractivity contribution in [2.75, 3.05) is 33.1 Å². The second kappa shape index (κ2) is 8.12. The van der Waals surface area contributed by atoms with E-state index in [1.165, 1.54) is 0 Å². The number of rotatable bonds is 6. The zero-order valence-electron chi connectivity index (χ0n) is 17.3. The van der Waals surface area contributed by atoms with Crippen molar-refractivity contribution < 1.29 is 17.9 Å². The van der Waals surface area contributed by atoms with E-state index in [1.54, 1.807) is 21.0 Å². The smallest absolute Gasteiger partial charge is 0.230 e. The van der Waals surface area contributed by atoms with Crippen LogP contribution in [0.3, 0.4) is 0 Å². The third-order valence-corrected chi connectivity index (χ3v) is 8.18. The largest absolute Gasteiger partial charge is 0.383 e. The Morgan fingerprint density at radius 1 is 1.39 bits per heavy atom. The van der Waals surface area contributed by atoms with Crippen molar-refractivity contribution in [1.82, 2.24) is 19.0 Å². The molecule has 0 bridgehead atoms. The van der Waals surface area contributed by atoms with E-state index in [1.807, 2.05) is 27.2 Å².